The highest BCUT2D eigenvalue weighted by molar-refractivity contribution is 5.74. The standard InChI is InChI=1S/C20H23N7O/c1-14-21-9-12-27(14)13-18-23-24-19(25(18)2)15-7-10-26(11-8-15)20-22-16-5-3-4-6-17(16)28-20/h3-6,9,12,15H,7-8,10-11,13H2,1-2H3. The van der Waals surface area contributed by atoms with Crippen molar-refractivity contribution in [1.29, 1.82) is 0 Å². The number of hydrogen-bond donors (Lipinski definition) is 0. The number of imidazole rings is 1. The van der Waals surface area contributed by atoms with Gasteiger partial charge in [-0.1, -0.05) is 12.1 Å². The molecule has 5 rings (SSSR count). The first kappa shape index (κ1) is 17.0. The summed E-state index contributed by atoms with van der Waals surface area (Å²) in [6.07, 6.45) is 5.81. The predicted octanol–water partition coefficient (Wildman–Crippen LogP) is 2.89. The largest absolute Gasteiger partial charge is 0.423 e. The predicted molar refractivity (Wildman–Crippen MR) is 105 cm³/mol. The molecular formula is C20H23N7O. The lowest BCUT2D eigenvalue weighted by atomic mass is 9.96. The highest BCUT2D eigenvalue weighted by Crippen LogP contribution is 2.30. The lowest BCUT2D eigenvalue weighted by Crippen LogP contribution is -2.33. The zero-order valence-corrected chi connectivity index (χ0v) is 16.1. The average Bonchev–Trinajstić information content (AvgIpc) is 3.42. The van der Waals surface area contributed by atoms with Crippen molar-refractivity contribution in [3.63, 3.8) is 0 Å². The monoisotopic (exact) mass is 377 g/mol. The van der Waals surface area contributed by atoms with Crippen molar-refractivity contribution in [2.45, 2.75) is 32.2 Å². The second-order valence-corrected chi connectivity index (χ2v) is 7.36. The number of aromatic nitrogens is 6. The van der Waals surface area contributed by atoms with Gasteiger partial charge in [0, 0.05) is 38.4 Å². The molecule has 1 saturated heterocycles. The Balaban J connectivity index is 1.28. The van der Waals surface area contributed by atoms with E-state index in [2.05, 4.69) is 41.2 Å². The molecule has 0 atom stereocenters. The molecule has 28 heavy (non-hydrogen) atoms. The summed E-state index contributed by atoms with van der Waals surface area (Å²) in [6, 6.07) is 8.62. The fourth-order valence-electron chi connectivity index (χ4n) is 3.92. The van der Waals surface area contributed by atoms with E-state index in [0.29, 0.717) is 18.5 Å². The molecule has 4 aromatic rings. The summed E-state index contributed by atoms with van der Waals surface area (Å²) in [5, 5.41) is 8.94. The van der Waals surface area contributed by atoms with Gasteiger partial charge in [-0.25, -0.2) is 4.98 Å². The normalized spacial score (nSPS) is 15.6. The highest BCUT2D eigenvalue weighted by atomic mass is 16.4. The molecule has 144 valence electrons. The first-order valence-electron chi connectivity index (χ1n) is 9.65. The van der Waals surface area contributed by atoms with Crippen LogP contribution in [-0.2, 0) is 13.6 Å². The van der Waals surface area contributed by atoms with E-state index in [1.54, 1.807) is 0 Å². The molecule has 4 heterocycles. The summed E-state index contributed by atoms with van der Waals surface area (Å²) in [5.74, 6) is 3.40. The third kappa shape index (κ3) is 2.94. The molecule has 1 aliphatic rings. The Labute approximate surface area is 162 Å². The van der Waals surface area contributed by atoms with Gasteiger partial charge in [0.25, 0.3) is 6.01 Å². The van der Waals surface area contributed by atoms with Crippen LogP contribution in [0, 0.1) is 6.92 Å². The maximum Gasteiger partial charge on any atom is 0.298 e. The van der Waals surface area contributed by atoms with Gasteiger partial charge < -0.3 is 18.5 Å². The minimum atomic E-state index is 0.399. The van der Waals surface area contributed by atoms with Crippen LogP contribution < -0.4 is 4.90 Å². The van der Waals surface area contributed by atoms with Crippen LogP contribution in [0.25, 0.3) is 11.1 Å². The van der Waals surface area contributed by atoms with Crippen molar-refractivity contribution in [3.8, 4) is 0 Å². The lowest BCUT2D eigenvalue weighted by Gasteiger charge is -2.30. The van der Waals surface area contributed by atoms with E-state index in [-0.39, 0.29) is 0 Å². The molecule has 0 unspecified atom stereocenters. The fourth-order valence-corrected chi connectivity index (χ4v) is 3.92. The quantitative estimate of drug-likeness (QED) is 0.544. The zero-order valence-electron chi connectivity index (χ0n) is 16.1. The Hall–Kier alpha value is -3.16. The molecule has 0 amide bonds. The Kier molecular flexibility index (Phi) is 4.11. The average molecular weight is 377 g/mol. The SMILES string of the molecule is Cc1nccn1Cc1nnc(C2CCN(c3nc4ccccc4o3)CC2)n1C. The van der Waals surface area contributed by atoms with E-state index in [0.717, 1.165) is 54.5 Å². The van der Waals surface area contributed by atoms with Crippen LogP contribution >= 0.6 is 0 Å². The molecular weight excluding hydrogens is 354 g/mol. The van der Waals surface area contributed by atoms with E-state index in [1.165, 1.54) is 0 Å². The Morgan fingerprint density at radius 3 is 2.71 bits per heavy atom. The fraction of sp³-hybridized carbons (Fsp3) is 0.400. The number of nitrogens with zero attached hydrogens (tertiary/aromatic N) is 7. The number of hydrogen-bond acceptors (Lipinski definition) is 6. The molecule has 1 fully saturated rings. The molecule has 1 aromatic carbocycles. The van der Waals surface area contributed by atoms with Crippen LogP contribution in [0.5, 0.6) is 0 Å². The molecule has 0 spiro atoms. The summed E-state index contributed by atoms with van der Waals surface area (Å²) in [7, 11) is 2.06. The number of rotatable bonds is 4. The van der Waals surface area contributed by atoms with Gasteiger partial charge in [-0.15, -0.1) is 10.2 Å². The van der Waals surface area contributed by atoms with Crippen molar-refractivity contribution in [2.24, 2.45) is 7.05 Å². The number of aryl methyl sites for hydroxylation is 1. The van der Waals surface area contributed by atoms with Gasteiger partial charge in [0.05, 0.1) is 6.54 Å². The number of para-hydroxylation sites is 2. The second kappa shape index (κ2) is 6.78. The van der Waals surface area contributed by atoms with Crippen LogP contribution in [0.4, 0.5) is 6.01 Å². The maximum absolute atomic E-state index is 5.92. The second-order valence-electron chi connectivity index (χ2n) is 7.36. The zero-order chi connectivity index (χ0) is 19.1. The van der Waals surface area contributed by atoms with Gasteiger partial charge in [-0.05, 0) is 31.9 Å². The Bertz CT molecular complexity index is 1070. The van der Waals surface area contributed by atoms with Crippen molar-refractivity contribution in [1.82, 2.24) is 29.3 Å². The molecule has 0 bridgehead atoms. The molecule has 0 radical (unpaired) electrons. The van der Waals surface area contributed by atoms with E-state index in [9.17, 15) is 0 Å². The van der Waals surface area contributed by atoms with E-state index >= 15 is 0 Å². The number of fused-ring (bicyclic) bond motifs is 1. The van der Waals surface area contributed by atoms with Gasteiger partial charge in [0.2, 0.25) is 0 Å². The lowest BCUT2D eigenvalue weighted by molar-refractivity contribution is 0.446. The van der Waals surface area contributed by atoms with E-state index in [1.807, 2.05) is 43.6 Å². The highest BCUT2D eigenvalue weighted by Gasteiger charge is 2.27. The summed E-state index contributed by atoms with van der Waals surface area (Å²) in [4.78, 5) is 11.1. The Morgan fingerprint density at radius 2 is 1.96 bits per heavy atom. The molecule has 3 aromatic heterocycles. The Morgan fingerprint density at radius 1 is 1.14 bits per heavy atom. The van der Waals surface area contributed by atoms with Crippen LogP contribution in [0.2, 0.25) is 0 Å². The van der Waals surface area contributed by atoms with Gasteiger partial charge >= 0.3 is 0 Å². The molecule has 8 heteroatoms. The minimum Gasteiger partial charge on any atom is -0.423 e. The van der Waals surface area contributed by atoms with Crippen LogP contribution in [0.1, 0.15) is 36.2 Å². The molecule has 8 nitrogen and oxygen atoms in total. The molecule has 1 aliphatic heterocycles. The summed E-state index contributed by atoms with van der Waals surface area (Å²) >= 11 is 0. The van der Waals surface area contributed by atoms with Crippen molar-refractivity contribution in [3.05, 3.63) is 54.1 Å². The van der Waals surface area contributed by atoms with E-state index < -0.39 is 0 Å². The number of anilines is 1. The number of piperidine rings is 1. The third-order valence-corrected chi connectivity index (χ3v) is 5.65. The molecule has 0 N–H and O–H groups in total. The summed E-state index contributed by atoms with van der Waals surface area (Å²) in [5.41, 5.74) is 1.75. The minimum absolute atomic E-state index is 0.399. The van der Waals surface area contributed by atoms with Crippen LogP contribution in [0.3, 0.4) is 0 Å². The van der Waals surface area contributed by atoms with Crippen LogP contribution in [0.15, 0.2) is 41.1 Å². The third-order valence-electron chi connectivity index (χ3n) is 5.65. The van der Waals surface area contributed by atoms with Crippen molar-refractivity contribution < 1.29 is 4.42 Å². The van der Waals surface area contributed by atoms with Gasteiger partial charge in [0.1, 0.15) is 17.2 Å². The van der Waals surface area contributed by atoms with E-state index in [4.69, 9.17) is 4.42 Å². The van der Waals surface area contributed by atoms with Crippen molar-refractivity contribution >= 4 is 17.1 Å². The molecule has 0 saturated carbocycles. The first-order chi connectivity index (χ1) is 13.7. The number of oxazole rings is 1. The van der Waals surface area contributed by atoms with Gasteiger partial charge in [0.15, 0.2) is 11.4 Å². The van der Waals surface area contributed by atoms with Crippen LogP contribution in [-0.4, -0.2) is 42.4 Å². The summed E-state index contributed by atoms with van der Waals surface area (Å²) < 4.78 is 10.1. The maximum atomic E-state index is 5.92. The topological polar surface area (TPSA) is 77.8 Å². The van der Waals surface area contributed by atoms with Gasteiger partial charge in [-0.3, -0.25) is 0 Å². The smallest absolute Gasteiger partial charge is 0.298 e. The van der Waals surface area contributed by atoms with Crippen molar-refractivity contribution in [2.75, 3.05) is 18.0 Å². The first-order valence-corrected chi connectivity index (χ1v) is 9.65. The van der Waals surface area contributed by atoms with Gasteiger partial charge in [-0.2, -0.15) is 4.98 Å². The molecule has 0 aliphatic carbocycles. The summed E-state index contributed by atoms with van der Waals surface area (Å²) in [6.45, 7) is 4.50. The number of benzene rings is 1.